The van der Waals surface area contributed by atoms with Gasteiger partial charge >= 0.3 is 5.97 Å². The molecule has 0 heterocycles. The quantitative estimate of drug-likeness (QED) is 0.749. The molecule has 1 aromatic rings. The molecule has 0 aliphatic carbocycles. The number of esters is 1. The largest absolute Gasteiger partial charge is 0.462 e. The van der Waals surface area contributed by atoms with E-state index in [0.717, 1.165) is 5.41 Å². The summed E-state index contributed by atoms with van der Waals surface area (Å²) < 4.78 is 27.9. The minimum atomic E-state index is -3.43. The molecule has 4 nitrogen and oxygen atoms in total. The molecule has 0 amide bonds. The first-order valence-electron chi connectivity index (χ1n) is 4.62. The van der Waals surface area contributed by atoms with Crippen LogP contribution in [0.15, 0.2) is 46.7 Å². The maximum absolute atomic E-state index is 11.6. The van der Waals surface area contributed by atoms with Gasteiger partial charge in [-0.2, -0.15) is 0 Å². The third kappa shape index (κ3) is 3.86. The van der Waals surface area contributed by atoms with E-state index in [2.05, 4.69) is 4.74 Å². The van der Waals surface area contributed by atoms with Gasteiger partial charge in [0.2, 0.25) is 0 Å². The van der Waals surface area contributed by atoms with Crippen LogP contribution in [0.4, 0.5) is 0 Å². The molecule has 0 bridgehead atoms. The lowest BCUT2D eigenvalue weighted by atomic mass is 10.4. The zero-order valence-corrected chi connectivity index (χ0v) is 9.61. The van der Waals surface area contributed by atoms with Crippen LogP contribution < -0.4 is 0 Å². The van der Waals surface area contributed by atoms with Crippen molar-refractivity contribution < 1.29 is 17.9 Å². The highest BCUT2D eigenvalue weighted by Crippen LogP contribution is 2.10. The topological polar surface area (TPSA) is 60.4 Å². The van der Waals surface area contributed by atoms with Crippen LogP contribution in [0.1, 0.15) is 6.92 Å². The maximum atomic E-state index is 11.6. The average Bonchev–Trinajstić information content (AvgIpc) is 2.26. The third-order valence-corrected chi connectivity index (χ3v) is 3.21. The van der Waals surface area contributed by atoms with Crippen molar-refractivity contribution in [1.82, 2.24) is 0 Å². The Hall–Kier alpha value is -1.62. The van der Waals surface area contributed by atoms with Crippen LogP contribution in [-0.4, -0.2) is 21.0 Å². The van der Waals surface area contributed by atoms with Crippen LogP contribution in [0.5, 0.6) is 0 Å². The molecule has 1 rings (SSSR count). The SMILES string of the molecule is CC(=O)OC/C=C/S(=O)(=O)c1ccccc1. The summed E-state index contributed by atoms with van der Waals surface area (Å²) in [5.41, 5.74) is 0. The Morgan fingerprint density at radius 2 is 1.94 bits per heavy atom. The van der Waals surface area contributed by atoms with Crippen molar-refractivity contribution in [2.45, 2.75) is 11.8 Å². The number of benzene rings is 1. The first kappa shape index (κ1) is 12.4. The molecule has 0 aromatic heterocycles. The molecule has 0 fully saturated rings. The van der Waals surface area contributed by atoms with Crippen LogP contribution in [0.3, 0.4) is 0 Å². The van der Waals surface area contributed by atoms with Crippen molar-refractivity contribution in [1.29, 1.82) is 0 Å². The molecule has 16 heavy (non-hydrogen) atoms. The lowest BCUT2D eigenvalue weighted by Crippen LogP contribution is -2.00. The Kier molecular flexibility index (Phi) is 4.25. The van der Waals surface area contributed by atoms with Gasteiger partial charge in [-0.05, 0) is 18.2 Å². The van der Waals surface area contributed by atoms with E-state index >= 15 is 0 Å². The summed E-state index contributed by atoms with van der Waals surface area (Å²) in [4.78, 5) is 10.6. The molecule has 0 aliphatic heterocycles. The minimum absolute atomic E-state index is 0.0403. The molecule has 86 valence electrons. The number of hydrogen-bond donors (Lipinski definition) is 0. The normalized spacial score (nSPS) is 11.6. The zero-order chi connectivity index (χ0) is 12.0. The summed E-state index contributed by atoms with van der Waals surface area (Å²) in [7, 11) is -3.43. The summed E-state index contributed by atoms with van der Waals surface area (Å²) in [6, 6.07) is 8.04. The number of ether oxygens (including phenoxy) is 1. The van der Waals surface area contributed by atoms with Gasteiger partial charge in [0.05, 0.1) is 4.90 Å². The fourth-order valence-corrected chi connectivity index (χ4v) is 2.05. The fraction of sp³-hybridized carbons (Fsp3) is 0.182. The Morgan fingerprint density at radius 3 is 2.50 bits per heavy atom. The summed E-state index contributed by atoms with van der Waals surface area (Å²) in [6.07, 6.45) is 1.30. The van der Waals surface area contributed by atoms with Gasteiger partial charge in [0, 0.05) is 12.3 Å². The predicted octanol–water partition coefficient (Wildman–Crippen LogP) is 1.54. The van der Waals surface area contributed by atoms with Crippen molar-refractivity contribution in [2.75, 3.05) is 6.61 Å². The lowest BCUT2D eigenvalue weighted by molar-refractivity contribution is -0.139. The van der Waals surface area contributed by atoms with Gasteiger partial charge in [0.1, 0.15) is 6.61 Å². The molecule has 0 saturated carbocycles. The Bertz CT molecular complexity index is 474. The first-order chi connectivity index (χ1) is 7.52. The van der Waals surface area contributed by atoms with Gasteiger partial charge in [-0.1, -0.05) is 18.2 Å². The van der Waals surface area contributed by atoms with Crippen LogP contribution in [0.25, 0.3) is 0 Å². The molecule has 0 saturated heterocycles. The molecule has 0 N–H and O–H groups in total. The van der Waals surface area contributed by atoms with E-state index in [-0.39, 0.29) is 11.5 Å². The second kappa shape index (κ2) is 5.46. The maximum Gasteiger partial charge on any atom is 0.302 e. The van der Waals surface area contributed by atoms with E-state index in [4.69, 9.17) is 0 Å². The Balaban J connectivity index is 2.70. The second-order valence-corrected chi connectivity index (χ2v) is 4.87. The van der Waals surface area contributed by atoms with E-state index in [1.165, 1.54) is 25.1 Å². The number of sulfone groups is 1. The van der Waals surface area contributed by atoms with E-state index in [9.17, 15) is 13.2 Å². The van der Waals surface area contributed by atoms with Crippen molar-refractivity contribution in [3.8, 4) is 0 Å². The summed E-state index contributed by atoms with van der Waals surface area (Å²) in [5.74, 6) is -0.443. The fourth-order valence-electron chi connectivity index (χ4n) is 1.02. The minimum Gasteiger partial charge on any atom is -0.462 e. The number of carbonyl (C=O) groups is 1. The van der Waals surface area contributed by atoms with Crippen molar-refractivity contribution in [3.05, 3.63) is 41.8 Å². The van der Waals surface area contributed by atoms with E-state index < -0.39 is 15.8 Å². The summed E-state index contributed by atoms with van der Waals surface area (Å²) in [5, 5.41) is 1.03. The second-order valence-electron chi connectivity index (χ2n) is 3.03. The van der Waals surface area contributed by atoms with Gasteiger partial charge < -0.3 is 4.74 Å². The molecule has 5 heteroatoms. The van der Waals surface area contributed by atoms with Crippen LogP contribution in [-0.2, 0) is 19.4 Å². The number of hydrogen-bond acceptors (Lipinski definition) is 4. The highest BCUT2D eigenvalue weighted by atomic mass is 32.2. The van der Waals surface area contributed by atoms with Crippen LogP contribution >= 0.6 is 0 Å². The van der Waals surface area contributed by atoms with Crippen molar-refractivity contribution in [3.63, 3.8) is 0 Å². The van der Waals surface area contributed by atoms with Gasteiger partial charge in [0.25, 0.3) is 0 Å². The zero-order valence-electron chi connectivity index (χ0n) is 8.79. The van der Waals surface area contributed by atoms with Crippen LogP contribution in [0, 0.1) is 0 Å². The summed E-state index contributed by atoms with van der Waals surface area (Å²) >= 11 is 0. The van der Waals surface area contributed by atoms with E-state index in [1.54, 1.807) is 18.2 Å². The first-order valence-corrected chi connectivity index (χ1v) is 6.17. The molecule has 0 unspecified atom stereocenters. The highest BCUT2D eigenvalue weighted by Gasteiger charge is 2.08. The average molecular weight is 240 g/mol. The molecule has 0 aliphatic rings. The molecule has 0 spiro atoms. The van der Waals surface area contributed by atoms with Gasteiger partial charge in [0.15, 0.2) is 9.84 Å². The van der Waals surface area contributed by atoms with Gasteiger partial charge in [-0.3, -0.25) is 4.79 Å². The number of carbonyl (C=O) groups excluding carboxylic acids is 1. The van der Waals surface area contributed by atoms with E-state index in [0.29, 0.717) is 0 Å². The van der Waals surface area contributed by atoms with Gasteiger partial charge in [-0.15, -0.1) is 0 Å². The van der Waals surface area contributed by atoms with Gasteiger partial charge in [-0.25, -0.2) is 8.42 Å². The molecule has 0 atom stereocenters. The standard InChI is InChI=1S/C11H12O4S/c1-10(12)15-8-5-9-16(13,14)11-6-3-2-4-7-11/h2-7,9H,8H2,1H3/b9-5+. The highest BCUT2D eigenvalue weighted by molar-refractivity contribution is 7.94. The van der Waals surface area contributed by atoms with Crippen molar-refractivity contribution >= 4 is 15.8 Å². The molecular weight excluding hydrogens is 228 g/mol. The monoisotopic (exact) mass is 240 g/mol. The van der Waals surface area contributed by atoms with Crippen LogP contribution in [0.2, 0.25) is 0 Å². The Labute approximate surface area is 94.5 Å². The molecular formula is C11H12O4S. The molecule has 0 radical (unpaired) electrons. The lowest BCUT2D eigenvalue weighted by Gasteiger charge is -1.98. The Morgan fingerprint density at radius 1 is 1.31 bits per heavy atom. The summed E-state index contributed by atoms with van der Waals surface area (Å²) in [6.45, 7) is 1.22. The van der Waals surface area contributed by atoms with Crippen molar-refractivity contribution in [2.24, 2.45) is 0 Å². The smallest absolute Gasteiger partial charge is 0.302 e. The predicted molar refractivity (Wildman–Crippen MR) is 59.4 cm³/mol. The van der Waals surface area contributed by atoms with E-state index in [1.807, 2.05) is 0 Å². The third-order valence-electron chi connectivity index (χ3n) is 1.73. The molecule has 1 aromatic carbocycles. The number of rotatable bonds is 4.